The number of carbonyl (C=O) groups excluding carboxylic acids is 2. The second kappa shape index (κ2) is 11.0. The van der Waals surface area contributed by atoms with Gasteiger partial charge in [-0.1, -0.05) is 0 Å². The zero-order valence-electron chi connectivity index (χ0n) is 22.6. The van der Waals surface area contributed by atoms with Crippen molar-refractivity contribution in [3.05, 3.63) is 41.1 Å². The van der Waals surface area contributed by atoms with E-state index in [-0.39, 0.29) is 29.8 Å². The van der Waals surface area contributed by atoms with Gasteiger partial charge in [0, 0.05) is 49.6 Å². The van der Waals surface area contributed by atoms with Crippen molar-refractivity contribution in [2.45, 2.75) is 81.9 Å². The van der Waals surface area contributed by atoms with Crippen molar-refractivity contribution >= 4 is 23.6 Å². The summed E-state index contributed by atoms with van der Waals surface area (Å²) in [6, 6.07) is 4.84. The Kier molecular flexibility index (Phi) is 7.39. The third-order valence-electron chi connectivity index (χ3n) is 8.53. The predicted octanol–water partition coefficient (Wildman–Crippen LogP) is 3.07. The molecule has 0 saturated carbocycles. The first kappa shape index (κ1) is 27.6. The molecule has 41 heavy (non-hydrogen) atoms. The molecule has 0 spiro atoms. The maximum atomic E-state index is 13.5. The van der Waals surface area contributed by atoms with Crippen LogP contribution in [0.15, 0.2) is 24.3 Å². The van der Waals surface area contributed by atoms with Crippen LogP contribution in [0.25, 0.3) is 0 Å². The van der Waals surface area contributed by atoms with Crippen LogP contribution in [0.4, 0.5) is 24.9 Å². The average Bonchev–Trinajstić information content (AvgIpc) is 3.64. The molecular weight excluding hydrogens is 539 g/mol. The highest BCUT2D eigenvalue weighted by Gasteiger charge is 2.43. The van der Waals surface area contributed by atoms with Gasteiger partial charge in [-0.3, -0.25) is 14.5 Å². The molecule has 2 bridgehead atoms. The molecule has 4 saturated heterocycles. The Labute approximate surface area is 235 Å². The zero-order chi connectivity index (χ0) is 28.7. The molecule has 5 heterocycles. The molecule has 6 rings (SSSR count). The first-order chi connectivity index (χ1) is 19.6. The predicted molar refractivity (Wildman–Crippen MR) is 144 cm³/mol. The first-order valence-electron chi connectivity index (χ1n) is 14.2. The van der Waals surface area contributed by atoms with E-state index in [0.29, 0.717) is 55.4 Å². The largest absolute Gasteiger partial charge is 0.490 e. The number of benzene rings is 1. The Morgan fingerprint density at radius 2 is 1.83 bits per heavy atom. The Hall–Kier alpha value is -3.61. The van der Waals surface area contributed by atoms with Crippen molar-refractivity contribution in [3.8, 4) is 5.75 Å². The summed E-state index contributed by atoms with van der Waals surface area (Å²) in [7, 11) is 0. The van der Waals surface area contributed by atoms with E-state index < -0.39 is 23.7 Å². The van der Waals surface area contributed by atoms with Crippen LogP contribution in [-0.4, -0.2) is 70.5 Å². The summed E-state index contributed by atoms with van der Waals surface area (Å²) >= 11 is 0. The van der Waals surface area contributed by atoms with Crippen LogP contribution in [0, 0.1) is 0 Å². The number of amides is 2. The average molecular weight is 574 g/mol. The van der Waals surface area contributed by atoms with Crippen molar-refractivity contribution < 1.29 is 27.5 Å². The molecule has 4 aliphatic rings. The Morgan fingerprint density at radius 3 is 2.46 bits per heavy atom. The third-order valence-corrected chi connectivity index (χ3v) is 8.53. The van der Waals surface area contributed by atoms with Gasteiger partial charge in [0.15, 0.2) is 0 Å². The molecule has 1 aromatic heterocycles. The number of aromatic nitrogens is 2. The molecule has 1 aromatic carbocycles. The van der Waals surface area contributed by atoms with Crippen molar-refractivity contribution in [1.82, 2.24) is 20.2 Å². The molecule has 220 valence electrons. The fourth-order valence-corrected chi connectivity index (χ4v) is 6.57. The highest BCUT2D eigenvalue weighted by atomic mass is 19.4. The van der Waals surface area contributed by atoms with Gasteiger partial charge >= 0.3 is 6.18 Å². The number of nitrogens with zero attached hydrogens (tertiary/aromatic N) is 4. The number of hydrogen-bond acceptors (Lipinski definition) is 8. The summed E-state index contributed by atoms with van der Waals surface area (Å²) in [5, 5.41) is 5.87. The molecule has 4 atom stereocenters. The minimum absolute atomic E-state index is 0.0287. The minimum Gasteiger partial charge on any atom is -0.490 e. The molecule has 10 nitrogen and oxygen atoms in total. The van der Waals surface area contributed by atoms with Gasteiger partial charge in [0.2, 0.25) is 11.9 Å². The van der Waals surface area contributed by atoms with Gasteiger partial charge in [-0.05, 0) is 63.4 Å². The topological polar surface area (TPSA) is 126 Å². The monoisotopic (exact) mass is 573 g/mol. The molecule has 13 heteroatoms. The van der Waals surface area contributed by atoms with Gasteiger partial charge in [-0.15, -0.1) is 0 Å². The number of halogens is 3. The highest BCUT2D eigenvalue weighted by molar-refractivity contribution is 5.92. The minimum atomic E-state index is -4.42. The van der Waals surface area contributed by atoms with Gasteiger partial charge < -0.3 is 26.0 Å². The number of anilines is 2. The summed E-state index contributed by atoms with van der Waals surface area (Å²) in [4.78, 5) is 37.5. The lowest BCUT2D eigenvalue weighted by Crippen LogP contribution is -2.47. The van der Waals surface area contributed by atoms with E-state index in [1.165, 1.54) is 18.2 Å². The van der Waals surface area contributed by atoms with Gasteiger partial charge in [0.05, 0.1) is 5.56 Å². The molecular formula is C28H34F3N7O3. The van der Waals surface area contributed by atoms with E-state index in [9.17, 15) is 22.8 Å². The van der Waals surface area contributed by atoms with Crippen molar-refractivity contribution in [3.63, 3.8) is 0 Å². The lowest BCUT2D eigenvalue weighted by Gasteiger charge is -2.39. The normalized spacial score (nSPS) is 26.3. The Morgan fingerprint density at radius 1 is 1.10 bits per heavy atom. The van der Waals surface area contributed by atoms with Crippen LogP contribution in [0.3, 0.4) is 0 Å². The fourth-order valence-electron chi connectivity index (χ4n) is 6.57. The maximum Gasteiger partial charge on any atom is 0.416 e. The second-order valence-corrected chi connectivity index (χ2v) is 11.4. The van der Waals surface area contributed by atoms with Crippen LogP contribution in [0.2, 0.25) is 0 Å². The number of rotatable bonds is 8. The van der Waals surface area contributed by atoms with Crippen molar-refractivity contribution in [2.24, 2.45) is 5.73 Å². The number of carbonyl (C=O) groups is 2. The van der Waals surface area contributed by atoms with Gasteiger partial charge in [0.1, 0.15) is 29.4 Å². The molecule has 4 aliphatic heterocycles. The van der Waals surface area contributed by atoms with Crippen molar-refractivity contribution in [1.29, 1.82) is 0 Å². The van der Waals surface area contributed by atoms with E-state index in [1.807, 2.05) is 0 Å². The number of nitrogens with one attached hydrogen (secondary N) is 2. The van der Waals surface area contributed by atoms with Crippen LogP contribution in [0.1, 0.15) is 66.6 Å². The van der Waals surface area contributed by atoms with E-state index >= 15 is 0 Å². The summed E-state index contributed by atoms with van der Waals surface area (Å²) < 4.78 is 46.9. The zero-order valence-corrected chi connectivity index (χ0v) is 22.6. The maximum absolute atomic E-state index is 13.5. The van der Waals surface area contributed by atoms with Gasteiger partial charge in [-0.2, -0.15) is 18.2 Å². The number of ether oxygens (including phenoxy) is 1. The third kappa shape index (κ3) is 5.90. The van der Waals surface area contributed by atoms with E-state index in [1.54, 1.807) is 0 Å². The number of primary amides is 1. The number of alkyl halides is 3. The van der Waals surface area contributed by atoms with Crippen LogP contribution >= 0.6 is 0 Å². The van der Waals surface area contributed by atoms with E-state index in [2.05, 4.69) is 30.4 Å². The summed E-state index contributed by atoms with van der Waals surface area (Å²) in [6.07, 6.45) is 1.10. The van der Waals surface area contributed by atoms with Gasteiger partial charge in [-0.25, -0.2) is 4.98 Å². The van der Waals surface area contributed by atoms with Crippen LogP contribution < -0.4 is 26.0 Å². The first-order valence-corrected chi connectivity index (χ1v) is 14.2. The quantitative estimate of drug-likeness (QED) is 0.440. The SMILES string of the molecule is NC(=O)c1cc(NC2CCNC2=O)nc(N2[C@@H]3CC[C@H]2CC(Oc2ccc(C(F)(F)F)cc2CN2CCCC2)C3)n1. The summed E-state index contributed by atoms with van der Waals surface area (Å²) in [6.45, 7) is 2.72. The number of likely N-dealkylation sites (tertiary alicyclic amines) is 1. The summed E-state index contributed by atoms with van der Waals surface area (Å²) in [5.41, 5.74) is 5.52. The lowest BCUT2D eigenvalue weighted by atomic mass is 9.99. The van der Waals surface area contributed by atoms with E-state index in [0.717, 1.165) is 44.8 Å². The standard InChI is InChI=1S/C28H34F3N7O3/c29-28(30,31)17-3-6-23(16(11-17)15-37-9-1-2-10-37)41-20-12-18-4-5-19(13-20)38(18)27-35-22(25(32)39)14-24(36-27)34-21-7-8-33-26(21)40/h3,6,11,14,18-21H,1-2,4-5,7-10,12-13,15H2,(H2,32,39)(H,33,40)(H,34,35,36)/t18-,19+,20?,21?. The number of fused-ring (bicyclic) bond motifs is 2. The molecule has 2 amide bonds. The Balaban J connectivity index is 1.21. The highest BCUT2D eigenvalue weighted by Crippen LogP contribution is 2.41. The van der Waals surface area contributed by atoms with E-state index in [4.69, 9.17) is 10.5 Å². The second-order valence-electron chi connectivity index (χ2n) is 11.4. The molecule has 4 fully saturated rings. The molecule has 0 aliphatic carbocycles. The molecule has 2 aromatic rings. The van der Waals surface area contributed by atoms with Crippen molar-refractivity contribution in [2.75, 3.05) is 29.9 Å². The number of nitrogens with two attached hydrogens (primary N) is 1. The Bertz CT molecular complexity index is 1300. The molecule has 4 N–H and O–H groups in total. The smallest absolute Gasteiger partial charge is 0.416 e. The fraction of sp³-hybridized carbons (Fsp3) is 0.571. The molecule has 0 radical (unpaired) electrons. The number of hydrogen-bond donors (Lipinski definition) is 3. The van der Waals surface area contributed by atoms with Crippen LogP contribution in [-0.2, 0) is 17.5 Å². The van der Waals surface area contributed by atoms with Crippen LogP contribution in [0.5, 0.6) is 5.75 Å². The number of piperidine rings is 1. The van der Waals surface area contributed by atoms with Gasteiger partial charge in [0.25, 0.3) is 5.91 Å². The lowest BCUT2D eigenvalue weighted by molar-refractivity contribution is -0.137. The molecule has 2 unspecified atom stereocenters. The summed E-state index contributed by atoms with van der Waals surface area (Å²) in [5.74, 6) is 0.413.